The molecule has 0 saturated carbocycles. The number of ether oxygens (including phenoxy) is 2. The lowest BCUT2D eigenvalue weighted by Gasteiger charge is -2.22. The topological polar surface area (TPSA) is 59.6 Å². The first kappa shape index (κ1) is 21.3. The summed E-state index contributed by atoms with van der Waals surface area (Å²) >= 11 is 0. The quantitative estimate of drug-likeness (QED) is 0.658. The third-order valence-corrected chi connectivity index (χ3v) is 4.24. The molecule has 1 fully saturated rings. The van der Waals surface area contributed by atoms with E-state index in [9.17, 15) is 4.79 Å². The molecule has 1 unspecified atom stereocenters. The molecule has 1 saturated heterocycles. The van der Waals surface area contributed by atoms with Crippen molar-refractivity contribution in [1.82, 2.24) is 10.6 Å². The Labute approximate surface area is 156 Å². The second-order valence-electron chi connectivity index (χ2n) is 6.12. The molecule has 1 aliphatic rings. The number of nitrogens with one attached hydrogen (secondary N) is 2. The first-order valence-corrected chi connectivity index (χ1v) is 8.61. The van der Waals surface area contributed by atoms with Gasteiger partial charge in [0.25, 0.3) is 5.91 Å². The SMILES string of the molecule is C=CCc1ccc(OCC(=O)NCCC2CCCNC2)c(OC)c1.Cl. The number of methoxy groups -OCH3 is 1. The largest absolute Gasteiger partial charge is 0.493 e. The molecular formula is C19H29ClN2O3. The van der Waals surface area contributed by atoms with Crippen LogP contribution in [-0.4, -0.2) is 39.3 Å². The van der Waals surface area contributed by atoms with Crippen LogP contribution in [0.1, 0.15) is 24.8 Å². The van der Waals surface area contributed by atoms with Crippen molar-refractivity contribution in [3.05, 3.63) is 36.4 Å². The van der Waals surface area contributed by atoms with Crippen molar-refractivity contribution in [2.75, 3.05) is 33.4 Å². The van der Waals surface area contributed by atoms with E-state index in [2.05, 4.69) is 17.2 Å². The molecule has 25 heavy (non-hydrogen) atoms. The lowest BCUT2D eigenvalue weighted by molar-refractivity contribution is -0.123. The third kappa shape index (κ3) is 7.36. The van der Waals surface area contributed by atoms with Crippen LogP contribution in [0.15, 0.2) is 30.9 Å². The molecule has 1 aliphatic heterocycles. The van der Waals surface area contributed by atoms with Gasteiger partial charge in [0, 0.05) is 6.54 Å². The highest BCUT2D eigenvalue weighted by Crippen LogP contribution is 2.28. The summed E-state index contributed by atoms with van der Waals surface area (Å²) in [6.45, 7) is 6.60. The molecule has 6 heteroatoms. The van der Waals surface area contributed by atoms with Crippen LogP contribution < -0.4 is 20.1 Å². The first-order chi connectivity index (χ1) is 11.7. The molecule has 0 bridgehead atoms. The van der Waals surface area contributed by atoms with Crippen LogP contribution in [0.3, 0.4) is 0 Å². The summed E-state index contributed by atoms with van der Waals surface area (Å²) in [6, 6.07) is 5.69. The van der Waals surface area contributed by atoms with Gasteiger partial charge in [-0.15, -0.1) is 19.0 Å². The number of carbonyl (C=O) groups excluding carboxylic acids is 1. The van der Waals surface area contributed by atoms with E-state index in [-0.39, 0.29) is 24.9 Å². The fourth-order valence-corrected chi connectivity index (χ4v) is 2.91. The Hall–Kier alpha value is -1.72. The van der Waals surface area contributed by atoms with Crippen molar-refractivity contribution < 1.29 is 14.3 Å². The summed E-state index contributed by atoms with van der Waals surface area (Å²) in [7, 11) is 1.60. The highest BCUT2D eigenvalue weighted by atomic mass is 35.5. The zero-order valence-corrected chi connectivity index (χ0v) is 15.7. The Balaban J connectivity index is 0.00000312. The molecule has 5 nitrogen and oxygen atoms in total. The monoisotopic (exact) mass is 368 g/mol. The number of allylic oxidation sites excluding steroid dienone is 1. The summed E-state index contributed by atoms with van der Waals surface area (Å²) < 4.78 is 10.9. The minimum atomic E-state index is -0.101. The number of amides is 1. The zero-order valence-electron chi connectivity index (χ0n) is 14.9. The van der Waals surface area contributed by atoms with E-state index in [0.29, 0.717) is 24.0 Å². The van der Waals surface area contributed by atoms with Gasteiger partial charge in [0.2, 0.25) is 0 Å². The third-order valence-electron chi connectivity index (χ3n) is 4.24. The van der Waals surface area contributed by atoms with Crippen molar-refractivity contribution in [3.8, 4) is 11.5 Å². The van der Waals surface area contributed by atoms with Gasteiger partial charge in [0.1, 0.15) is 0 Å². The smallest absolute Gasteiger partial charge is 0.257 e. The van der Waals surface area contributed by atoms with Crippen LogP contribution in [0.4, 0.5) is 0 Å². The maximum Gasteiger partial charge on any atom is 0.257 e. The Morgan fingerprint density at radius 1 is 1.44 bits per heavy atom. The predicted molar refractivity (Wildman–Crippen MR) is 103 cm³/mol. The standard InChI is InChI=1S/C19H28N2O3.ClH/c1-3-5-15-7-8-17(18(12-15)23-2)24-14-19(22)21-11-9-16-6-4-10-20-13-16;/h3,7-8,12,16,20H,1,4-6,9-11,13-14H2,2H3,(H,21,22);1H. The van der Waals surface area contributed by atoms with E-state index < -0.39 is 0 Å². The highest BCUT2D eigenvalue weighted by molar-refractivity contribution is 5.85. The number of hydrogen-bond acceptors (Lipinski definition) is 4. The lowest BCUT2D eigenvalue weighted by Crippen LogP contribution is -2.34. The van der Waals surface area contributed by atoms with Crippen LogP contribution >= 0.6 is 12.4 Å². The molecule has 1 aromatic rings. The van der Waals surface area contributed by atoms with Crippen molar-refractivity contribution in [1.29, 1.82) is 0 Å². The molecular weight excluding hydrogens is 340 g/mol. The summed E-state index contributed by atoms with van der Waals surface area (Å²) in [4.78, 5) is 11.9. The lowest BCUT2D eigenvalue weighted by atomic mass is 9.96. The predicted octanol–water partition coefficient (Wildman–Crippen LogP) is 2.73. The van der Waals surface area contributed by atoms with E-state index in [0.717, 1.165) is 31.5 Å². The maximum atomic E-state index is 11.9. The molecule has 1 aromatic carbocycles. The van der Waals surface area contributed by atoms with Crippen molar-refractivity contribution in [2.24, 2.45) is 5.92 Å². The molecule has 0 radical (unpaired) electrons. The number of benzene rings is 1. The van der Waals surface area contributed by atoms with Gasteiger partial charge < -0.3 is 20.1 Å². The maximum absolute atomic E-state index is 11.9. The van der Waals surface area contributed by atoms with Gasteiger partial charge in [-0.2, -0.15) is 0 Å². The summed E-state index contributed by atoms with van der Waals surface area (Å²) in [6.07, 6.45) is 6.09. The Bertz CT molecular complexity index is 545. The van der Waals surface area contributed by atoms with Crippen LogP contribution in [0.5, 0.6) is 11.5 Å². The Kier molecular flexibility index (Phi) is 10.0. The molecule has 1 amide bonds. The highest BCUT2D eigenvalue weighted by Gasteiger charge is 2.13. The molecule has 2 N–H and O–H groups in total. The van der Waals surface area contributed by atoms with E-state index in [1.807, 2.05) is 24.3 Å². The van der Waals surface area contributed by atoms with E-state index >= 15 is 0 Å². The molecule has 1 atom stereocenters. The molecule has 2 rings (SSSR count). The summed E-state index contributed by atoms with van der Waals surface area (Å²) in [5, 5.41) is 6.31. The second kappa shape index (κ2) is 11.8. The minimum absolute atomic E-state index is 0. The first-order valence-electron chi connectivity index (χ1n) is 8.61. The number of hydrogen-bond donors (Lipinski definition) is 2. The van der Waals surface area contributed by atoms with E-state index in [1.54, 1.807) is 7.11 Å². The average Bonchev–Trinajstić information content (AvgIpc) is 2.61. The molecule has 0 aliphatic carbocycles. The van der Waals surface area contributed by atoms with Gasteiger partial charge in [-0.1, -0.05) is 12.1 Å². The molecule has 1 heterocycles. The normalized spacial score (nSPS) is 16.4. The van der Waals surface area contributed by atoms with Crippen LogP contribution in [0, 0.1) is 5.92 Å². The fourth-order valence-electron chi connectivity index (χ4n) is 2.91. The van der Waals surface area contributed by atoms with Crippen molar-refractivity contribution in [3.63, 3.8) is 0 Å². The van der Waals surface area contributed by atoms with Gasteiger partial charge in [0.05, 0.1) is 7.11 Å². The molecule has 140 valence electrons. The fraction of sp³-hybridized carbons (Fsp3) is 0.526. The minimum Gasteiger partial charge on any atom is -0.493 e. The van der Waals surface area contributed by atoms with Gasteiger partial charge in [-0.05, 0) is 62.4 Å². The van der Waals surface area contributed by atoms with Crippen LogP contribution in [0.2, 0.25) is 0 Å². The van der Waals surface area contributed by atoms with Crippen molar-refractivity contribution >= 4 is 18.3 Å². The number of rotatable bonds is 9. The molecule has 0 spiro atoms. The van der Waals surface area contributed by atoms with Crippen molar-refractivity contribution in [2.45, 2.75) is 25.7 Å². The van der Waals surface area contributed by atoms with Crippen LogP contribution in [-0.2, 0) is 11.2 Å². The second-order valence-corrected chi connectivity index (χ2v) is 6.12. The number of carbonyl (C=O) groups is 1. The summed E-state index contributed by atoms with van der Waals surface area (Å²) in [5.41, 5.74) is 1.10. The van der Waals surface area contributed by atoms with Gasteiger partial charge in [0.15, 0.2) is 18.1 Å². The summed E-state index contributed by atoms with van der Waals surface area (Å²) in [5.74, 6) is 1.78. The number of piperidine rings is 1. The van der Waals surface area contributed by atoms with Gasteiger partial charge in [-0.3, -0.25) is 4.79 Å². The zero-order chi connectivity index (χ0) is 17.2. The number of halogens is 1. The Morgan fingerprint density at radius 2 is 2.28 bits per heavy atom. The Morgan fingerprint density at radius 3 is 2.96 bits per heavy atom. The van der Waals surface area contributed by atoms with Gasteiger partial charge in [-0.25, -0.2) is 0 Å². The van der Waals surface area contributed by atoms with Crippen LogP contribution in [0.25, 0.3) is 0 Å². The average molecular weight is 369 g/mol. The van der Waals surface area contributed by atoms with E-state index in [4.69, 9.17) is 9.47 Å². The van der Waals surface area contributed by atoms with Gasteiger partial charge >= 0.3 is 0 Å². The van der Waals surface area contributed by atoms with E-state index in [1.165, 1.54) is 12.8 Å². The molecule has 0 aromatic heterocycles.